The van der Waals surface area contributed by atoms with Gasteiger partial charge in [0.25, 0.3) is 0 Å². The zero-order chi connectivity index (χ0) is 14.4. The second kappa shape index (κ2) is 6.82. The molecule has 104 valence electrons. The van der Waals surface area contributed by atoms with Gasteiger partial charge in [-0.1, -0.05) is 30.3 Å². The van der Waals surface area contributed by atoms with Gasteiger partial charge >= 0.3 is 0 Å². The number of carbonyl (C=O) groups excluding carboxylic acids is 1. The summed E-state index contributed by atoms with van der Waals surface area (Å²) in [5, 5.41) is 2.92. The summed E-state index contributed by atoms with van der Waals surface area (Å²) >= 11 is 0. The highest BCUT2D eigenvalue weighted by Crippen LogP contribution is 2.10. The molecule has 0 spiro atoms. The molecule has 2 aromatic rings. The predicted molar refractivity (Wildman–Crippen MR) is 78.9 cm³/mol. The highest BCUT2D eigenvalue weighted by molar-refractivity contribution is 5.82. The molecule has 1 unspecified atom stereocenters. The summed E-state index contributed by atoms with van der Waals surface area (Å²) in [6.07, 6.45) is 3.96. The van der Waals surface area contributed by atoms with Crippen LogP contribution in [-0.4, -0.2) is 16.9 Å². The van der Waals surface area contributed by atoms with Crippen LogP contribution < -0.4 is 11.1 Å². The van der Waals surface area contributed by atoms with Crippen molar-refractivity contribution in [2.24, 2.45) is 5.73 Å². The van der Waals surface area contributed by atoms with Crippen LogP contribution in [0.1, 0.15) is 24.1 Å². The fraction of sp³-hybridized carbons (Fsp3) is 0.250. The molecule has 20 heavy (non-hydrogen) atoms. The first-order valence-electron chi connectivity index (χ1n) is 6.66. The fourth-order valence-electron chi connectivity index (χ4n) is 2.02. The summed E-state index contributed by atoms with van der Waals surface area (Å²) < 4.78 is 0. The minimum atomic E-state index is -0.540. The summed E-state index contributed by atoms with van der Waals surface area (Å²) in [4.78, 5) is 16.0. The Bertz CT molecular complexity index is 542. The van der Waals surface area contributed by atoms with Crippen molar-refractivity contribution in [3.63, 3.8) is 0 Å². The van der Waals surface area contributed by atoms with Crippen molar-refractivity contribution in [2.45, 2.75) is 25.4 Å². The number of amides is 1. The number of pyridine rings is 1. The van der Waals surface area contributed by atoms with Crippen LogP contribution in [0.25, 0.3) is 0 Å². The van der Waals surface area contributed by atoms with Crippen LogP contribution in [0.2, 0.25) is 0 Å². The van der Waals surface area contributed by atoms with Gasteiger partial charge in [-0.3, -0.25) is 9.78 Å². The molecule has 1 aromatic heterocycles. The first-order chi connectivity index (χ1) is 9.66. The third kappa shape index (κ3) is 3.90. The Hall–Kier alpha value is -2.20. The Morgan fingerprint density at radius 3 is 2.50 bits per heavy atom. The Labute approximate surface area is 119 Å². The smallest absolute Gasteiger partial charge is 0.237 e. The molecule has 1 heterocycles. The molecule has 0 saturated carbocycles. The molecular formula is C16H19N3O. The summed E-state index contributed by atoms with van der Waals surface area (Å²) in [6.45, 7) is 1.93. The molecule has 2 rings (SSSR count). The summed E-state index contributed by atoms with van der Waals surface area (Å²) in [5.41, 5.74) is 8.03. The Kier molecular flexibility index (Phi) is 4.85. The van der Waals surface area contributed by atoms with Gasteiger partial charge in [-0.15, -0.1) is 0 Å². The number of aromatic nitrogens is 1. The van der Waals surface area contributed by atoms with Crippen molar-refractivity contribution >= 4 is 5.91 Å². The Balaban J connectivity index is 1.91. The zero-order valence-corrected chi connectivity index (χ0v) is 11.5. The number of hydrogen-bond donors (Lipinski definition) is 2. The molecule has 1 aromatic carbocycles. The van der Waals surface area contributed by atoms with Gasteiger partial charge in [0.1, 0.15) is 0 Å². The molecule has 4 nitrogen and oxygen atoms in total. The maximum Gasteiger partial charge on any atom is 0.237 e. The number of benzene rings is 1. The van der Waals surface area contributed by atoms with Gasteiger partial charge < -0.3 is 11.1 Å². The van der Waals surface area contributed by atoms with Gasteiger partial charge in [0, 0.05) is 12.4 Å². The van der Waals surface area contributed by atoms with Crippen LogP contribution in [0.5, 0.6) is 0 Å². The van der Waals surface area contributed by atoms with E-state index in [-0.39, 0.29) is 11.9 Å². The van der Waals surface area contributed by atoms with Gasteiger partial charge in [-0.25, -0.2) is 0 Å². The molecule has 0 fully saturated rings. The number of hydrogen-bond acceptors (Lipinski definition) is 3. The summed E-state index contributed by atoms with van der Waals surface area (Å²) in [6, 6.07) is 12.9. The molecule has 0 radical (unpaired) electrons. The van der Waals surface area contributed by atoms with Crippen molar-refractivity contribution in [1.29, 1.82) is 0 Å². The van der Waals surface area contributed by atoms with Crippen LogP contribution in [-0.2, 0) is 11.2 Å². The standard InChI is InChI=1S/C16H19N3O/c1-12(14-7-9-18-10-8-14)19-16(20)15(17)11-13-5-3-2-4-6-13/h2-10,12,15H,11,17H2,1H3,(H,19,20)/t12-,15?/m0/s1. The van der Waals surface area contributed by atoms with Crippen molar-refractivity contribution in [3.8, 4) is 0 Å². The third-order valence-electron chi connectivity index (χ3n) is 3.20. The molecule has 4 heteroatoms. The van der Waals surface area contributed by atoms with E-state index in [1.54, 1.807) is 12.4 Å². The van der Waals surface area contributed by atoms with Crippen molar-refractivity contribution < 1.29 is 4.79 Å². The van der Waals surface area contributed by atoms with Gasteiger partial charge in [0.2, 0.25) is 5.91 Å². The van der Waals surface area contributed by atoms with Crippen molar-refractivity contribution in [3.05, 3.63) is 66.0 Å². The maximum absolute atomic E-state index is 12.1. The van der Waals surface area contributed by atoms with E-state index < -0.39 is 6.04 Å². The fourth-order valence-corrected chi connectivity index (χ4v) is 2.02. The second-order valence-corrected chi connectivity index (χ2v) is 4.81. The summed E-state index contributed by atoms with van der Waals surface area (Å²) in [7, 11) is 0. The number of rotatable bonds is 5. The Morgan fingerprint density at radius 1 is 1.20 bits per heavy atom. The van der Waals surface area contributed by atoms with Crippen LogP contribution >= 0.6 is 0 Å². The van der Waals surface area contributed by atoms with E-state index in [9.17, 15) is 4.79 Å². The van der Waals surface area contributed by atoms with Gasteiger partial charge in [-0.05, 0) is 36.6 Å². The molecule has 0 bridgehead atoms. The minimum Gasteiger partial charge on any atom is -0.348 e. The zero-order valence-electron chi connectivity index (χ0n) is 11.5. The highest BCUT2D eigenvalue weighted by Gasteiger charge is 2.16. The van der Waals surface area contributed by atoms with Crippen molar-refractivity contribution in [2.75, 3.05) is 0 Å². The van der Waals surface area contributed by atoms with Crippen LogP contribution in [0, 0.1) is 0 Å². The molecule has 0 saturated heterocycles. The van der Waals surface area contributed by atoms with E-state index in [4.69, 9.17) is 5.73 Å². The first kappa shape index (κ1) is 14.2. The SMILES string of the molecule is C[C@H](NC(=O)C(N)Cc1ccccc1)c1ccncc1. The van der Waals surface area contributed by atoms with E-state index >= 15 is 0 Å². The van der Waals surface area contributed by atoms with Crippen LogP contribution in [0.4, 0.5) is 0 Å². The second-order valence-electron chi connectivity index (χ2n) is 4.81. The summed E-state index contributed by atoms with van der Waals surface area (Å²) in [5.74, 6) is -0.141. The minimum absolute atomic E-state index is 0.0766. The van der Waals surface area contributed by atoms with E-state index in [0.29, 0.717) is 6.42 Å². The number of carbonyl (C=O) groups is 1. The predicted octanol–water partition coefficient (Wildman–Crippen LogP) is 1.83. The Morgan fingerprint density at radius 2 is 1.85 bits per heavy atom. The van der Waals surface area contributed by atoms with Gasteiger partial charge in [0.15, 0.2) is 0 Å². The van der Waals surface area contributed by atoms with E-state index in [0.717, 1.165) is 11.1 Å². The average molecular weight is 269 g/mol. The van der Waals surface area contributed by atoms with Crippen LogP contribution in [0.15, 0.2) is 54.9 Å². The molecule has 0 aliphatic rings. The number of nitrogens with one attached hydrogen (secondary N) is 1. The lowest BCUT2D eigenvalue weighted by molar-refractivity contribution is -0.123. The first-order valence-corrected chi connectivity index (χ1v) is 6.66. The number of nitrogens with zero attached hydrogens (tertiary/aromatic N) is 1. The molecule has 0 aliphatic carbocycles. The average Bonchev–Trinajstić information content (AvgIpc) is 2.49. The monoisotopic (exact) mass is 269 g/mol. The normalized spacial score (nSPS) is 13.5. The number of nitrogens with two attached hydrogens (primary N) is 1. The maximum atomic E-state index is 12.1. The molecule has 1 amide bonds. The molecule has 3 N–H and O–H groups in total. The highest BCUT2D eigenvalue weighted by atomic mass is 16.2. The topological polar surface area (TPSA) is 68.0 Å². The van der Waals surface area contributed by atoms with Crippen LogP contribution in [0.3, 0.4) is 0 Å². The molecule has 0 aliphatic heterocycles. The van der Waals surface area contributed by atoms with Gasteiger partial charge in [0.05, 0.1) is 12.1 Å². The van der Waals surface area contributed by atoms with E-state index in [1.807, 2.05) is 49.4 Å². The lowest BCUT2D eigenvalue weighted by Gasteiger charge is -2.17. The molecule has 2 atom stereocenters. The van der Waals surface area contributed by atoms with E-state index in [1.165, 1.54) is 0 Å². The van der Waals surface area contributed by atoms with E-state index in [2.05, 4.69) is 10.3 Å². The lowest BCUT2D eigenvalue weighted by Crippen LogP contribution is -2.42. The quantitative estimate of drug-likeness (QED) is 0.870. The van der Waals surface area contributed by atoms with Crippen molar-refractivity contribution in [1.82, 2.24) is 10.3 Å². The lowest BCUT2D eigenvalue weighted by atomic mass is 10.0. The largest absolute Gasteiger partial charge is 0.348 e. The molecular weight excluding hydrogens is 250 g/mol. The van der Waals surface area contributed by atoms with Gasteiger partial charge in [-0.2, -0.15) is 0 Å². The third-order valence-corrected chi connectivity index (χ3v) is 3.20.